The zero-order valence-electron chi connectivity index (χ0n) is 25.1. The smallest absolute Gasteiger partial charge is 0.379 e. The summed E-state index contributed by atoms with van der Waals surface area (Å²) < 4.78 is 10.4. The molecule has 9 nitrogen and oxygen atoms in total. The second-order valence-corrected chi connectivity index (χ2v) is 12.3. The first kappa shape index (κ1) is 29.6. The van der Waals surface area contributed by atoms with E-state index in [-0.39, 0.29) is 27.7 Å². The number of ketones is 1. The number of hydrogen-bond donors (Lipinski definition) is 0. The fourth-order valence-corrected chi connectivity index (χ4v) is 7.61. The predicted molar refractivity (Wildman–Crippen MR) is 172 cm³/mol. The maximum atomic E-state index is 14.5. The summed E-state index contributed by atoms with van der Waals surface area (Å²) in [6.07, 6.45) is 1.35. The van der Waals surface area contributed by atoms with Crippen molar-refractivity contribution in [2.24, 2.45) is 11.8 Å². The van der Waals surface area contributed by atoms with Crippen molar-refractivity contribution >= 4 is 41.1 Å². The number of rotatable bonds is 7. The Hall–Kier alpha value is -5.80. The highest BCUT2D eigenvalue weighted by atomic mass is 35.5. The summed E-state index contributed by atoms with van der Waals surface area (Å²) in [4.78, 5) is 69.2. The molecule has 4 aliphatic rings. The van der Waals surface area contributed by atoms with E-state index < -0.39 is 59.7 Å². The third-order valence-electron chi connectivity index (χ3n) is 9.41. The van der Waals surface area contributed by atoms with Crippen molar-refractivity contribution < 1.29 is 33.1 Å². The summed E-state index contributed by atoms with van der Waals surface area (Å²) in [6, 6.07) is 30.7. The maximum absolute atomic E-state index is 14.5. The number of furan rings is 1. The minimum Gasteiger partial charge on any atom is -0.457 e. The molecule has 9 rings (SSSR count). The highest BCUT2D eigenvalue weighted by molar-refractivity contribution is 6.34. The van der Waals surface area contributed by atoms with Crippen LogP contribution in [0, 0.1) is 11.8 Å². The summed E-state index contributed by atoms with van der Waals surface area (Å²) in [5.74, 6) is -5.22. The van der Waals surface area contributed by atoms with Crippen LogP contribution in [0.1, 0.15) is 65.4 Å². The van der Waals surface area contributed by atoms with Gasteiger partial charge in [-0.15, -0.1) is 0 Å². The Morgan fingerprint density at radius 3 is 1.77 bits per heavy atom. The molecule has 2 atom stereocenters. The highest BCUT2D eigenvalue weighted by Crippen LogP contribution is 2.61. The van der Waals surface area contributed by atoms with Gasteiger partial charge in [-0.25, -0.2) is 9.80 Å². The first-order chi connectivity index (χ1) is 23.3. The Morgan fingerprint density at radius 1 is 0.708 bits per heavy atom. The summed E-state index contributed by atoms with van der Waals surface area (Å²) >= 11 is 6.42. The molecule has 3 aliphatic carbocycles. The molecule has 0 N–H and O–H groups in total. The van der Waals surface area contributed by atoms with E-state index in [2.05, 4.69) is 0 Å². The molecule has 3 amide bonds. The molecule has 4 aromatic carbocycles. The SMILES string of the molecule is O=C(CN(C(=O)c1ccccc1Cl)N1C(=O)[C@@H]2C3c4ccccc4C(c4ccccc43)[C@H]2C1=O)c1ccc(OC(=O)c2ccco2)cc1. The van der Waals surface area contributed by atoms with Crippen LogP contribution in [0.25, 0.3) is 0 Å². The van der Waals surface area contributed by atoms with Crippen molar-refractivity contribution in [3.05, 3.63) is 160 Å². The van der Waals surface area contributed by atoms with Gasteiger partial charge in [-0.3, -0.25) is 19.2 Å². The third-order valence-corrected chi connectivity index (χ3v) is 9.74. The van der Waals surface area contributed by atoms with E-state index in [4.69, 9.17) is 20.8 Å². The Balaban J connectivity index is 1.14. The largest absolute Gasteiger partial charge is 0.457 e. The number of halogens is 1. The topological polar surface area (TPSA) is 114 Å². The van der Waals surface area contributed by atoms with E-state index in [0.717, 1.165) is 32.3 Å². The number of carbonyl (C=O) groups is 5. The van der Waals surface area contributed by atoms with Gasteiger partial charge < -0.3 is 9.15 Å². The molecule has 1 aromatic heterocycles. The number of hydrazine groups is 1. The van der Waals surface area contributed by atoms with Gasteiger partial charge in [-0.1, -0.05) is 72.3 Å². The predicted octanol–water partition coefficient (Wildman–Crippen LogP) is 6.28. The number of carbonyl (C=O) groups excluding carboxylic acids is 5. The average molecular weight is 657 g/mol. The van der Waals surface area contributed by atoms with Crippen molar-refractivity contribution in [3.63, 3.8) is 0 Å². The van der Waals surface area contributed by atoms with Gasteiger partial charge >= 0.3 is 5.97 Å². The van der Waals surface area contributed by atoms with Gasteiger partial charge in [0.05, 0.1) is 28.7 Å². The molecule has 5 aromatic rings. The molecule has 0 radical (unpaired) electrons. The maximum Gasteiger partial charge on any atom is 0.379 e. The number of nitrogens with zero attached hydrogens (tertiary/aromatic N) is 2. The van der Waals surface area contributed by atoms with E-state index in [9.17, 15) is 24.0 Å². The zero-order valence-corrected chi connectivity index (χ0v) is 25.9. The molecule has 1 saturated heterocycles. The van der Waals surface area contributed by atoms with E-state index in [1.165, 1.54) is 48.7 Å². The summed E-state index contributed by atoms with van der Waals surface area (Å²) in [5, 5.41) is 1.90. The van der Waals surface area contributed by atoms with Crippen LogP contribution in [-0.4, -0.2) is 46.0 Å². The molecule has 0 unspecified atom stereocenters. The Kier molecular flexibility index (Phi) is 7.07. The molecule has 2 heterocycles. The van der Waals surface area contributed by atoms with Gasteiger partial charge in [0.15, 0.2) is 5.78 Å². The van der Waals surface area contributed by atoms with Crippen LogP contribution in [0.5, 0.6) is 5.75 Å². The fourth-order valence-electron chi connectivity index (χ4n) is 7.39. The van der Waals surface area contributed by atoms with Gasteiger partial charge in [0, 0.05) is 17.4 Å². The van der Waals surface area contributed by atoms with Crippen molar-refractivity contribution in [1.82, 2.24) is 10.0 Å². The van der Waals surface area contributed by atoms with Crippen LogP contribution in [0.3, 0.4) is 0 Å². The van der Waals surface area contributed by atoms with E-state index in [0.29, 0.717) is 0 Å². The van der Waals surface area contributed by atoms with Crippen LogP contribution in [0.2, 0.25) is 5.02 Å². The molecule has 0 spiro atoms. The van der Waals surface area contributed by atoms with Crippen LogP contribution >= 0.6 is 11.6 Å². The van der Waals surface area contributed by atoms with Crippen LogP contribution < -0.4 is 4.74 Å². The minimum atomic E-state index is -0.763. The molecular weight excluding hydrogens is 632 g/mol. The van der Waals surface area contributed by atoms with Crippen LogP contribution in [0.15, 0.2) is 120 Å². The van der Waals surface area contributed by atoms with Crippen molar-refractivity contribution in [2.75, 3.05) is 6.54 Å². The standard InChI is InChI=1S/C38H25ClN2O7/c39-28-13-6-5-12-27(28)35(43)40(20-29(42)21-15-17-22(18-16-21)48-38(46)30-14-7-19-47-30)41-36(44)33-31-23-8-1-2-9-24(23)32(34(33)37(41)45)26-11-4-3-10-25(26)31/h1-19,31-34H,20H2/t31?,32?,33-,34-/m1/s1. The second kappa shape index (κ2) is 11.5. The van der Waals surface area contributed by atoms with Crippen molar-refractivity contribution in [3.8, 4) is 5.75 Å². The van der Waals surface area contributed by atoms with Crippen molar-refractivity contribution in [2.45, 2.75) is 11.8 Å². The molecule has 48 heavy (non-hydrogen) atoms. The normalized spacial score (nSPS) is 20.1. The molecule has 1 aliphatic heterocycles. The average Bonchev–Trinajstić information content (AvgIpc) is 3.75. The molecule has 2 bridgehead atoms. The highest BCUT2D eigenvalue weighted by Gasteiger charge is 2.63. The summed E-state index contributed by atoms with van der Waals surface area (Å²) in [5.41, 5.74) is 4.15. The number of hydrogen-bond acceptors (Lipinski definition) is 7. The van der Waals surface area contributed by atoms with Gasteiger partial charge in [0.2, 0.25) is 5.76 Å². The number of amides is 3. The second-order valence-electron chi connectivity index (χ2n) is 11.9. The number of esters is 1. The van der Waals surface area contributed by atoms with Gasteiger partial charge in [-0.2, -0.15) is 5.01 Å². The Bertz CT molecular complexity index is 2030. The minimum absolute atomic E-state index is 0.0176. The van der Waals surface area contributed by atoms with Crippen LogP contribution in [-0.2, 0) is 9.59 Å². The quantitative estimate of drug-likeness (QED) is 0.0876. The number of benzene rings is 4. The fraction of sp³-hybridized carbons (Fsp3) is 0.132. The summed E-state index contributed by atoms with van der Waals surface area (Å²) in [6.45, 7) is -0.623. The lowest BCUT2D eigenvalue weighted by atomic mass is 9.55. The first-order valence-electron chi connectivity index (χ1n) is 15.3. The number of Topliss-reactive ketones (excluding diaryl/α,β-unsaturated/α-hetero) is 1. The van der Waals surface area contributed by atoms with Gasteiger partial charge in [0.1, 0.15) is 12.3 Å². The lowest BCUT2D eigenvalue weighted by molar-refractivity contribution is -0.154. The molecule has 10 heteroatoms. The van der Waals surface area contributed by atoms with Gasteiger partial charge in [0.25, 0.3) is 17.7 Å². The molecule has 0 saturated carbocycles. The van der Waals surface area contributed by atoms with E-state index in [1.807, 2.05) is 48.5 Å². The third kappa shape index (κ3) is 4.57. The lowest BCUT2D eigenvalue weighted by Crippen LogP contribution is -2.52. The van der Waals surface area contributed by atoms with Crippen LogP contribution in [0.4, 0.5) is 0 Å². The summed E-state index contributed by atoms with van der Waals surface area (Å²) in [7, 11) is 0. The van der Waals surface area contributed by atoms with Crippen molar-refractivity contribution in [1.29, 1.82) is 0 Å². The molecular formula is C38H25ClN2O7. The molecule has 236 valence electrons. The Labute approximate surface area is 279 Å². The van der Waals surface area contributed by atoms with E-state index >= 15 is 0 Å². The number of imide groups is 1. The monoisotopic (exact) mass is 656 g/mol. The Morgan fingerprint density at radius 2 is 1.25 bits per heavy atom. The lowest BCUT2D eigenvalue weighted by Gasteiger charge is -2.45. The van der Waals surface area contributed by atoms with E-state index in [1.54, 1.807) is 18.2 Å². The first-order valence-corrected chi connectivity index (χ1v) is 15.7. The zero-order chi connectivity index (χ0) is 33.1. The molecule has 1 fully saturated rings. The number of ether oxygens (including phenoxy) is 1. The van der Waals surface area contributed by atoms with Gasteiger partial charge in [-0.05, 0) is 70.8 Å².